The van der Waals surface area contributed by atoms with Gasteiger partial charge in [-0.1, -0.05) is 46.6 Å². The Hall–Kier alpha value is -3.72. The van der Waals surface area contributed by atoms with Crippen molar-refractivity contribution in [3.05, 3.63) is 92.7 Å². The van der Waals surface area contributed by atoms with Crippen LogP contribution in [-0.2, 0) is 13.7 Å². The zero-order chi connectivity index (χ0) is 28.0. The topological polar surface area (TPSA) is 104 Å². The predicted octanol–water partition coefficient (Wildman–Crippen LogP) is 7.33. The third-order valence-electron chi connectivity index (χ3n) is 6.49. The summed E-state index contributed by atoms with van der Waals surface area (Å²) in [6.45, 7) is 3.78. The van der Waals surface area contributed by atoms with Crippen molar-refractivity contribution in [2.45, 2.75) is 25.8 Å². The Balaban J connectivity index is 1.45. The molecule has 0 radical (unpaired) electrons. The van der Waals surface area contributed by atoms with Crippen LogP contribution >= 0.6 is 34.8 Å². The maximum atomic E-state index is 11.7. The number of rotatable bonds is 7. The monoisotopic (exact) mass is 585 g/mol. The molecule has 39 heavy (non-hydrogen) atoms. The Kier molecular flexibility index (Phi) is 7.20. The fourth-order valence-electron chi connectivity index (χ4n) is 4.63. The van der Waals surface area contributed by atoms with Gasteiger partial charge in [-0.15, -0.1) is 11.6 Å². The van der Waals surface area contributed by atoms with Crippen LogP contribution < -0.4 is 9.47 Å². The van der Waals surface area contributed by atoms with Crippen LogP contribution in [0.15, 0.2) is 59.5 Å². The maximum absolute atomic E-state index is 11.7. The fraction of sp³-hybridized carbons (Fsp3) is 0.179. The van der Waals surface area contributed by atoms with Crippen molar-refractivity contribution in [2.24, 2.45) is 7.05 Å². The molecule has 0 bridgehead atoms. The molecule has 1 N–H and O–H groups in total. The number of benzene rings is 2. The normalized spacial score (nSPS) is 12.2. The highest BCUT2D eigenvalue weighted by Crippen LogP contribution is 2.39. The van der Waals surface area contributed by atoms with E-state index in [1.165, 1.54) is 12.4 Å². The molecule has 0 aliphatic rings. The summed E-state index contributed by atoms with van der Waals surface area (Å²) in [4.78, 5) is 11.6. The zero-order valence-electron chi connectivity index (χ0n) is 21.0. The van der Waals surface area contributed by atoms with Crippen molar-refractivity contribution in [3.8, 4) is 28.1 Å². The lowest BCUT2D eigenvalue weighted by molar-refractivity contribution is -0.605. The Bertz CT molecular complexity index is 1720. The van der Waals surface area contributed by atoms with E-state index in [1.54, 1.807) is 13.1 Å². The van der Waals surface area contributed by atoms with E-state index >= 15 is 0 Å². The van der Waals surface area contributed by atoms with Gasteiger partial charge < -0.3 is 24.1 Å². The Morgan fingerprint density at radius 1 is 1.21 bits per heavy atom. The van der Waals surface area contributed by atoms with Gasteiger partial charge in [0, 0.05) is 24.1 Å². The SMILES string of the molecule is Cc1cc(OCc2c(-c3c(Cl)c[n+]([O-])cc3Cl)noc2C(C)Cl)ccc1-c1ccc2c(C(=O)O)cn(C)c2c1. The quantitative estimate of drug-likeness (QED) is 0.122. The average Bonchev–Trinajstić information content (AvgIpc) is 3.43. The zero-order valence-corrected chi connectivity index (χ0v) is 23.3. The van der Waals surface area contributed by atoms with E-state index in [4.69, 9.17) is 44.1 Å². The fourth-order valence-corrected chi connectivity index (χ4v) is 5.42. The molecule has 0 saturated carbocycles. The van der Waals surface area contributed by atoms with Crippen molar-refractivity contribution >= 4 is 51.7 Å². The van der Waals surface area contributed by atoms with Gasteiger partial charge in [-0.05, 0) is 48.7 Å². The Morgan fingerprint density at radius 3 is 2.56 bits per heavy atom. The number of carboxylic acid groups (broad SMARTS) is 1. The van der Waals surface area contributed by atoms with Crippen LogP contribution in [0.1, 0.15) is 39.5 Å². The number of nitrogens with zero attached hydrogens (tertiary/aromatic N) is 3. The smallest absolute Gasteiger partial charge is 0.337 e. The highest BCUT2D eigenvalue weighted by Gasteiger charge is 2.26. The van der Waals surface area contributed by atoms with Crippen molar-refractivity contribution in [1.29, 1.82) is 0 Å². The molecular formula is C28H22Cl3N3O5. The van der Waals surface area contributed by atoms with E-state index in [1.807, 2.05) is 54.9 Å². The van der Waals surface area contributed by atoms with Gasteiger partial charge in [-0.2, -0.15) is 4.73 Å². The van der Waals surface area contributed by atoms with Crippen LogP contribution in [0.3, 0.4) is 0 Å². The van der Waals surface area contributed by atoms with Gasteiger partial charge in [0.05, 0.1) is 22.1 Å². The summed E-state index contributed by atoms with van der Waals surface area (Å²) in [5.74, 6) is 0.0505. The number of aromatic carboxylic acids is 1. The molecule has 0 aliphatic heterocycles. The number of hydrogen-bond acceptors (Lipinski definition) is 5. The first kappa shape index (κ1) is 26.9. The second-order valence-electron chi connectivity index (χ2n) is 9.14. The van der Waals surface area contributed by atoms with E-state index in [0.717, 1.165) is 22.2 Å². The van der Waals surface area contributed by atoms with Crippen LogP contribution in [0.4, 0.5) is 0 Å². The van der Waals surface area contributed by atoms with Gasteiger partial charge in [-0.25, -0.2) is 4.79 Å². The summed E-state index contributed by atoms with van der Waals surface area (Å²) in [7, 11) is 1.82. The van der Waals surface area contributed by atoms with Crippen molar-refractivity contribution in [1.82, 2.24) is 9.72 Å². The van der Waals surface area contributed by atoms with E-state index < -0.39 is 11.3 Å². The lowest BCUT2D eigenvalue weighted by Gasteiger charge is -2.13. The number of ether oxygens (including phenoxy) is 1. The van der Waals surface area contributed by atoms with E-state index in [0.29, 0.717) is 38.4 Å². The summed E-state index contributed by atoms with van der Waals surface area (Å²) in [6.07, 6.45) is 3.98. The molecule has 1 unspecified atom stereocenters. The number of carbonyl (C=O) groups is 1. The number of alkyl halides is 1. The van der Waals surface area contributed by atoms with Crippen molar-refractivity contribution in [3.63, 3.8) is 0 Å². The van der Waals surface area contributed by atoms with E-state index in [-0.39, 0.29) is 22.2 Å². The number of carboxylic acids is 1. The third kappa shape index (κ3) is 5.03. The highest BCUT2D eigenvalue weighted by molar-refractivity contribution is 6.38. The van der Waals surface area contributed by atoms with Crippen LogP contribution in [0, 0.1) is 12.1 Å². The summed E-state index contributed by atoms with van der Waals surface area (Å²) < 4.78 is 13.9. The molecule has 0 amide bonds. The van der Waals surface area contributed by atoms with Crippen molar-refractivity contribution < 1.29 is 23.9 Å². The van der Waals surface area contributed by atoms with Gasteiger partial charge >= 0.3 is 5.97 Å². The second kappa shape index (κ2) is 10.4. The molecule has 1 atom stereocenters. The number of hydrogen-bond donors (Lipinski definition) is 1. The molecule has 5 rings (SSSR count). The van der Waals surface area contributed by atoms with Gasteiger partial charge in [0.2, 0.25) is 0 Å². The summed E-state index contributed by atoms with van der Waals surface area (Å²) in [6, 6.07) is 11.4. The molecule has 3 aromatic heterocycles. The van der Waals surface area contributed by atoms with Gasteiger partial charge in [0.25, 0.3) is 0 Å². The molecular weight excluding hydrogens is 565 g/mol. The third-order valence-corrected chi connectivity index (χ3v) is 7.26. The van der Waals surface area contributed by atoms with Crippen molar-refractivity contribution in [2.75, 3.05) is 0 Å². The largest absolute Gasteiger partial charge is 0.619 e. The van der Waals surface area contributed by atoms with Crippen LogP contribution in [0.2, 0.25) is 10.0 Å². The minimum absolute atomic E-state index is 0.0657. The van der Waals surface area contributed by atoms with Gasteiger partial charge in [-0.3, -0.25) is 0 Å². The van der Waals surface area contributed by atoms with Gasteiger partial charge in [0.1, 0.15) is 28.1 Å². The van der Waals surface area contributed by atoms with Gasteiger partial charge in [0.15, 0.2) is 18.2 Å². The lowest BCUT2D eigenvalue weighted by atomic mass is 9.99. The Morgan fingerprint density at radius 2 is 1.92 bits per heavy atom. The summed E-state index contributed by atoms with van der Waals surface area (Å²) in [5, 5.41) is 25.7. The minimum Gasteiger partial charge on any atom is -0.619 e. The van der Waals surface area contributed by atoms with Crippen LogP contribution in [0.25, 0.3) is 33.3 Å². The molecule has 0 aliphatic carbocycles. The molecule has 5 aromatic rings. The van der Waals surface area contributed by atoms with Crippen LogP contribution in [0.5, 0.6) is 5.75 Å². The first-order chi connectivity index (χ1) is 18.5. The number of aromatic nitrogens is 3. The first-order valence-electron chi connectivity index (χ1n) is 11.8. The van der Waals surface area contributed by atoms with E-state index in [9.17, 15) is 15.1 Å². The predicted molar refractivity (Wildman–Crippen MR) is 150 cm³/mol. The molecule has 0 saturated heterocycles. The van der Waals surface area contributed by atoms with E-state index in [2.05, 4.69) is 5.16 Å². The highest BCUT2D eigenvalue weighted by atomic mass is 35.5. The lowest BCUT2D eigenvalue weighted by Crippen LogP contribution is -2.24. The molecule has 11 heteroatoms. The minimum atomic E-state index is -0.959. The maximum Gasteiger partial charge on any atom is 0.337 e. The first-order valence-corrected chi connectivity index (χ1v) is 13.0. The number of halogens is 3. The molecule has 3 heterocycles. The summed E-state index contributed by atoms with van der Waals surface area (Å²) >= 11 is 19.0. The second-order valence-corrected chi connectivity index (χ2v) is 10.6. The average molecular weight is 587 g/mol. The molecule has 8 nitrogen and oxygen atoms in total. The number of aryl methyl sites for hydroxylation is 2. The molecule has 200 valence electrons. The molecule has 0 fully saturated rings. The number of pyridine rings is 1. The van der Waals surface area contributed by atoms with Crippen LogP contribution in [-0.4, -0.2) is 20.8 Å². The molecule has 0 spiro atoms. The number of fused-ring (bicyclic) bond motifs is 1. The standard InChI is InChI=1S/C28H22Cl3N3O5/c1-14-8-17(5-7-18(14)16-4-6-19-20(28(35)36)10-33(3)24(19)9-16)38-13-21-26(32-39-27(21)15(2)29)25-22(30)11-34(37)12-23(25)31/h4-12,15H,13H2,1-3H3,(H,35,36). The Labute approximate surface area is 238 Å². The molecule has 2 aromatic carbocycles. The summed E-state index contributed by atoms with van der Waals surface area (Å²) in [5.41, 5.74) is 5.25.